The maximum atomic E-state index is 5.13. The molecule has 1 heterocycles. The highest BCUT2D eigenvalue weighted by Crippen LogP contribution is 2.15. The first-order valence-corrected chi connectivity index (χ1v) is 7.96. The summed E-state index contributed by atoms with van der Waals surface area (Å²) in [5.74, 6) is 1.97. The van der Waals surface area contributed by atoms with Crippen LogP contribution in [0.2, 0.25) is 0 Å². The molecule has 1 aromatic heterocycles. The number of nitrogens with one attached hydrogen (secondary N) is 3. The molecule has 0 aliphatic carbocycles. The molecule has 3 aromatic rings. The molecule has 3 N–H and O–H groups in total. The first-order valence-electron chi connectivity index (χ1n) is 7.96. The first-order chi connectivity index (χ1) is 12.8. The van der Waals surface area contributed by atoms with Gasteiger partial charge in [0.2, 0.25) is 17.8 Å². The zero-order chi connectivity index (χ0) is 18.2. The molecule has 0 spiro atoms. The van der Waals surface area contributed by atoms with Crippen molar-refractivity contribution in [1.82, 2.24) is 15.0 Å². The van der Waals surface area contributed by atoms with Gasteiger partial charge in [-0.15, -0.1) is 0 Å². The summed E-state index contributed by atoms with van der Waals surface area (Å²) in [6, 6.07) is 17.2. The molecular weight excluding hydrogens is 330 g/mol. The van der Waals surface area contributed by atoms with Gasteiger partial charge in [0.05, 0.1) is 13.3 Å². The van der Waals surface area contributed by atoms with Gasteiger partial charge in [-0.2, -0.15) is 20.1 Å². The van der Waals surface area contributed by atoms with E-state index in [2.05, 4.69) is 36.1 Å². The van der Waals surface area contributed by atoms with Crippen molar-refractivity contribution in [1.29, 1.82) is 0 Å². The molecule has 0 saturated carbocycles. The molecule has 3 rings (SSSR count). The molecule has 8 nitrogen and oxygen atoms in total. The summed E-state index contributed by atoms with van der Waals surface area (Å²) < 4.78 is 5.13. The van der Waals surface area contributed by atoms with Crippen LogP contribution in [0.3, 0.4) is 0 Å². The van der Waals surface area contributed by atoms with Crippen LogP contribution in [0.15, 0.2) is 59.7 Å². The summed E-state index contributed by atoms with van der Waals surface area (Å²) in [5.41, 5.74) is 4.62. The van der Waals surface area contributed by atoms with Crippen LogP contribution in [-0.2, 0) is 0 Å². The average Bonchev–Trinajstić information content (AvgIpc) is 2.69. The molecule has 0 bridgehead atoms. The fourth-order valence-corrected chi connectivity index (χ4v) is 2.10. The number of anilines is 4. The molecule has 0 fully saturated rings. The third-order valence-corrected chi connectivity index (χ3v) is 3.38. The van der Waals surface area contributed by atoms with E-state index in [1.54, 1.807) is 20.4 Å². The van der Waals surface area contributed by atoms with E-state index in [4.69, 9.17) is 4.74 Å². The van der Waals surface area contributed by atoms with Crippen molar-refractivity contribution < 1.29 is 4.74 Å². The Labute approximate surface area is 151 Å². The van der Waals surface area contributed by atoms with Crippen molar-refractivity contribution in [2.75, 3.05) is 30.2 Å². The van der Waals surface area contributed by atoms with Crippen molar-refractivity contribution in [2.24, 2.45) is 5.10 Å². The molecule has 0 amide bonds. The van der Waals surface area contributed by atoms with E-state index in [1.807, 2.05) is 54.6 Å². The molecule has 132 valence electrons. The summed E-state index contributed by atoms with van der Waals surface area (Å²) in [6.07, 6.45) is 1.67. The van der Waals surface area contributed by atoms with Gasteiger partial charge in [0.15, 0.2) is 0 Å². The minimum absolute atomic E-state index is 0.326. The van der Waals surface area contributed by atoms with Crippen molar-refractivity contribution in [2.45, 2.75) is 0 Å². The molecule has 0 atom stereocenters. The zero-order valence-corrected chi connectivity index (χ0v) is 14.5. The summed E-state index contributed by atoms with van der Waals surface area (Å²) >= 11 is 0. The highest BCUT2D eigenvalue weighted by molar-refractivity contribution is 5.80. The third-order valence-electron chi connectivity index (χ3n) is 3.38. The predicted octanol–water partition coefficient (Wildman–Crippen LogP) is 3.11. The van der Waals surface area contributed by atoms with Crippen LogP contribution in [0.5, 0.6) is 5.75 Å². The van der Waals surface area contributed by atoms with Crippen LogP contribution in [0.4, 0.5) is 23.5 Å². The topological polar surface area (TPSA) is 96.4 Å². The maximum absolute atomic E-state index is 5.13. The number of hydrogen-bond donors (Lipinski definition) is 3. The lowest BCUT2D eigenvalue weighted by Gasteiger charge is -2.08. The number of nitrogens with zero attached hydrogens (tertiary/aromatic N) is 4. The minimum atomic E-state index is 0.326. The van der Waals surface area contributed by atoms with Crippen LogP contribution in [0, 0.1) is 0 Å². The number of hydrazone groups is 1. The predicted molar refractivity (Wildman–Crippen MR) is 103 cm³/mol. The Morgan fingerprint density at radius 1 is 0.885 bits per heavy atom. The maximum Gasteiger partial charge on any atom is 0.250 e. The molecule has 0 aliphatic rings. The third kappa shape index (κ3) is 4.67. The van der Waals surface area contributed by atoms with Gasteiger partial charge >= 0.3 is 0 Å². The van der Waals surface area contributed by atoms with Crippen LogP contribution in [0.1, 0.15) is 5.56 Å². The highest BCUT2D eigenvalue weighted by Gasteiger charge is 2.05. The van der Waals surface area contributed by atoms with E-state index < -0.39 is 0 Å². The number of hydrogen-bond acceptors (Lipinski definition) is 8. The zero-order valence-electron chi connectivity index (χ0n) is 14.5. The summed E-state index contributed by atoms with van der Waals surface area (Å²) in [7, 11) is 3.37. The summed E-state index contributed by atoms with van der Waals surface area (Å²) in [6.45, 7) is 0. The molecule has 2 aromatic carbocycles. The van der Waals surface area contributed by atoms with Crippen LogP contribution in [0.25, 0.3) is 0 Å². The monoisotopic (exact) mass is 349 g/mol. The van der Waals surface area contributed by atoms with Gasteiger partial charge in [-0.3, -0.25) is 0 Å². The smallest absolute Gasteiger partial charge is 0.250 e. The Bertz CT molecular complexity index is 866. The normalized spacial score (nSPS) is 10.5. The van der Waals surface area contributed by atoms with E-state index in [0.29, 0.717) is 17.8 Å². The highest BCUT2D eigenvalue weighted by atomic mass is 16.5. The van der Waals surface area contributed by atoms with E-state index >= 15 is 0 Å². The van der Waals surface area contributed by atoms with Crippen LogP contribution < -0.4 is 20.8 Å². The number of para-hydroxylation sites is 1. The Hall–Kier alpha value is -3.68. The van der Waals surface area contributed by atoms with Gasteiger partial charge in [-0.05, 0) is 42.0 Å². The van der Waals surface area contributed by atoms with Crippen molar-refractivity contribution in [3.63, 3.8) is 0 Å². The van der Waals surface area contributed by atoms with E-state index in [1.165, 1.54) is 0 Å². The van der Waals surface area contributed by atoms with Crippen molar-refractivity contribution in [3.8, 4) is 5.75 Å². The van der Waals surface area contributed by atoms with E-state index in [0.717, 1.165) is 17.0 Å². The lowest BCUT2D eigenvalue weighted by atomic mass is 10.2. The van der Waals surface area contributed by atoms with Crippen molar-refractivity contribution >= 4 is 29.7 Å². The average molecular weight is 349 g/mol. The number of benzene rings is 2. The second kappa shape index (κ2) is 8.43. The Morgan fingerprint density at radius 2 is 1.58 bits per heavy atom. The summed E-state index contributed by atoms with van der Waals surface area (Å²) in [5, 5.41) is 10.2. The largest absolute Gasteiger partial charge is 0.497 e. The second-order valence-corrected chi connectivity index (χ2v) is 5.19. The lowest BCUT2D eigenvalue weighted by molar-refractivity contribution is 0.415. The number of aromatic nitrogens is 3. The molecular formula is C18H19N7O. The Morgan fingerprint density at radius 3 is 2.27 bits per heavy atom. The van der Waals surface area contributed by atoms with E-state index in [-0.39, 0.29) is 0 Å². The number of ether oxygens (including phenoxy) is 1. The molecule has 26 heavy (non-hydrogen) atoms. The van der Waals surface area contributed by atoms with Crippen molar-refractivity contribution in [3.05, 3.63) is 60.2 Å². The quantitative estimate of drug-likeness (QED) is 0.445. The van der Waals surface area contributed by atoms with Gasteiger partial charge in [-0.1, -0.05) is 18.2 Å². The number of rotatable bonds is 7. The lowest BCUT2D eigenvalue weighted by Crippen LogP contribution is -2.07. The van der Waals surface area contributed by atoms with Crippen LogP contribution in [-0.4, -0.2) is 35.3 Å². The minimum Gasteiger partial charge on any atom is -0.497 e. The van der Waals surface area contributed by atoms with E-state index in [9.17, 15) is 0 Å². The van der Waals surface area contributed by atoms with Gasteiger partial charge in [-0.25, -0.2) is 5.43 Å². The Balaban J connectivity index is 1.72. The fraction of sp³-hybridized carbons (Fsp3) is 0.111. The van der Waals surface area contributed by atoms with Gasteiger partial charge in [0.25, 0.3) is 0 Å². The summed E-state index contributed by atoms with van der Waals surface area (Å²) in [4.78, 5) is 12.8. The molecule has 0 radical (unpaired) electrons. The fourth-order valence-electron chi connectivity index (χ4n) is 2.10. The van der Waals surface area contributed by atoms with Gasteiger partial charge in [0, 0.05) is 12.7 Å². The standard InChI is InChI=1S/C18H19N7O/c1-19-16-22-17(21-14-6-4-3-5-7-14)24-18(23-16)25-20-12-13-8-10-15(26-2)11-9-13/h3-12H,1-2H3,(H3,19,21,22,23,24,25)/b20-12-. The van der Waals surface area contributed by atoms with Gasteiger partial charge in [0.1, 0.15) is 5.75 Å². The van der Waals surface area contributed by atoms with Gasteiger partial charge < -0.3 is 15.4 Å². The first kappa shape index (κ1) is 17.2. The molecule has 0 aliphatic heterocycles. The second-order valence-electron chi connectivity index (χ2n) is 5.19. The molecule has 8 heteroatoms. The molecule has 0 unspecified atom stereocenters. The molecule has 0 saturated heterocycles. The number of methoxy groups -OCH3 is 1. The van der Waals surface area contributed by atoms with Crippen LogP contribution >= 0.6 is 0 Å². The SMILES string of the molecule is CNc1nc(N/N=C\c2ccc(OC)cc2)nc(Nc2ccccc2)n1. The Kier molecular flexibility index (Phi) is 5.56.